The highest BCUT2D eigenvalue weighted by Crippen LogP contribution is 2.28. The van der Waals surface area contributed by atoms with Crippen LogP contribution in [-0.2, 0) is 0 Å². The molecular weight excluding hydrogens is 341 g/mol. The second-order valence-corrected chi connectivity index (χ2v) is 5.18. The molecule has 0 aliphatic rings. The molecule has 0 fully saturated rings. The fraction of sp³-hybridized carbons (Fsp3) is 0.455. The van der Waals surface area contributed by atoms with E-state index < -0.39 is 0 Å². The molecule has 0 aliphatic heterocycles. The van der Waals surface area contributed by atoms with Crippen molar-refractivity contribution in [2.75, 3.05) is 0 Å². The quantitative estimate of drug-likeness (QED) is 0.821. The van der Waals surface area contributed by atoms with Crippen LogP contribution in [0.3, 0.4) is 0 Å². The standard InChI is InChI=1S/C11H15Br2N.ClH/c1-2-3-4-11(14)9-7-8(12)5-6-10(9)13;/h5-7,11H,2-4,14H2,1H3;1H/t11-;/m1./s1. The summed E-state index contributed by atoms with van der Waals surface area (Å²) in [5.41, 5.74) is 7.29. The van der Waals surface area contributed by atoms with Crippen LogP contribution in [0.15, 0.2) is 27.1 Å². The van der Waals surface area contributed by atoms with Crippen LogP contribution < -0.4 is 5.73 Å². The van der Waals surface area contributed by atoms with Crippen LogP contribution in [0.5, 0.6) is 0 Å². The van der Waals surface area contributed by atoms with Gasteiger partial charge in [0.2, 0.25) is 0 Å². The molecular formula is C11H16Br2ClN. The van der Waals surface area contributed by atoms with E-state index >= 15 is 0 Å². The molecule has 0 unspecified atom stereocenters. The maximum Gasteiger partial charge on any atom is 0.0306 e. The average molecular weight is 358 g/mol. The predicted octanol–water partition coefficient (Wildman–Crippen LogP) is 4.82. The molecule has 1 atom stereocenters. The summed E-state index contributed by atoms with van der Waals surface area (Å²) in [5, 5.41) is 0. The van der Waals surface area contributed by atoms with E-state index in [9.17, 15) is 0 Å². The van der Waals surface area contributed by atoms with Gasteiger partial charge in [0.25, 0.3) is 0 Å². The zero-order valence-corrected chi connectivity index (χ0v) is 12.7. The molecule has 0 saturated heterocycles. The summed E-state index contributed by atoms with van der Waals surface area (Å²) in [7, 11) is 0. The van der Waals surface area contributed by atoms with Crippen LogP contribution in [0, 0.1) is 0 Å². The average Bonchev–Trinajstić information content (AvgIpc) is 2.18. The SMILES string of the molecule is CCCC[C@@H](N)c1cc(Br)ccc1Br.Cl. The lowest BCUT2D eigenvalue weighted by atomic mass is 10.0. The molecule has 86 valence electrons. The zero-order valence-electron chi connectivity index (χ0n) is 8.67. The molecule has 0 saturated carbocycles. The number of hydrogen-bond acceptors (Lipinski definition) is 1. The first-order valence-corrected chi connectivity index (χ1v) is 6.44. The van der Waals surface area contributed by atoms with Gasteiger partial charge in [0.05, 0.1) is 0 Å². The molecule has 0 bridgehead atoms. The van der Waals surface area contributed by atoms with Gasteiger partial charge >= 0.3 is 0 Å². The van der Waals surface area contributed by atoms with Gasteiger partial charge in [0.15, 0.2) is 0 Å². The van der Waals surface area contributed by atoms with Gasteiger partial charge < -0.3 is 5.73 Å². The van der Waals surface area contributed by atoms with Gasteiger partial charge in [-0.3, -0.25) is 0 Å². The number of halogens is 3. The Balaban J connectivity index is 0.00000196. The number of nitrogens with two attached hydrogens (primary N) is 1. The van der Waals surface area contributed by atoms with Gasteiger partial charge in [0, 0.05) is 15.0 Å². The van der Waals surface area contributed by atoms with Crippen LogP contribution in [0.4, 0.5) is 0 Å². The summed E-state index contributed by atoms with van der Waals surface area (Å²) < 4.78 is 2.19. The van der Waals surface area contributed by atoms with Crippen LogP contribution in [0.2, 0.25) is 0 Å². The summed E-state index contributed by atoms with van der Waals surface area (Å²) >= 11 is 6.98. The van der Waals surface area contributed by atoms with E-state index in [0.717, 1.165) is 15.4 Å². The van der Waals surface area contributed by atoms with Crippen LogP contribution in [-0.4, -0.2) is 0 Å². The molecule has 2 N–H and O–H groups in total. The van der Waals surface area contributed by atoms with Gasteiger partial charge in [-0.15, -0.1) is 12.4 Å². The van der Waals surface area contributed by atoms with Crippen LogP contribution in [0.1, 0.15) is 37.8 Å². The number of benzene rings is 1. The lowest BCUT2D eigenvalue weighted by Gasteiger charge is -2.13. The second-order valence-electron chi connectivity index (χ2n) is 3.41. The zero-order chi connectivity index (χ0) is 10.6. The second kappa shape index (κ2) is 7.66. The summed E-state index contributed by atoms with van der Waals surface area (Å²) in [4.78, 5) is 0. The Kier molecular flexibility index (Phi) is 7.88. The minimum Gasteiger partial charge on any atom is -0.324 e. The molecule has 1 aromatic rings. The van der Waals surface area contributed by atoms with Crippen molar-refractivity contribution < 1.29 is 0 Å². The lowest BCUT2D eigenvalue weighted by Crippen LogP contribution is -2.10. The summed E-state index contributed by atoms with van der Waals surface area (Å²) in [6.07, 6.45) is 3.42. The van der Waals surface area contributed by atoms with Crippen molar-refractivity contribution in [1.82, 2.24) is 0 Å². The van der Waals surface area contributed by atoms with Crippen molar-refractivity contribution in [3.8, 4) is 0 Å². The van der Waals surface area contributed by atoms with E-state index in [-0.39, 0.29) is 18.4 Å². The lowest BCUT2D eigenvalue weighted by molar-refractivity contribution is 0.601. The smallest absolute Gasteiger partial charge is 0.0306 e. The van der Waals surface area contributed by atoms with Gasteiger partial charge in [-0.2, -0.15) is 0 Å². The Morgan fingerprint density at radius 3 is 2.60 bits per heavy atom. The first-order chi connectivity index (χ1) is 6.65. The highest BCUT2D eigenvalue weighted by Gasteiger charge is 2.09. The summed E-state index contributed by atoms with van der Waals surface area (Å²) in [6.45, 7) is 2.18. The van der Waals surface area contributed by atoms with Crippen molar-refractivity contribution in [1.29, 1.82) is 0 Å². The summed E-state index contributed by atoms with van der Waals surface area (Å²) in [5.74, 6) is 0. The highest BCUT2D eigenvalue weighted by molar-refractivity contribution is 9.11. The number of hydrogen-bond donors (Lipinski definition) is 1. The maximum atomic E-state index is 6.10. The molecule has 0 aromatic heterocycles. The molecule has 0 spiro atoms. The molecule has 1 rings (SSSR count). The number of unbranched alkanes of at least 4 members (excludes halogenated alkanes) is 1. The number of rotatable bonds is 4. The van der Waals surface area contributed by atoms with Gasteiger partial charge in [-0.05, 0) is 30.2 Å². The van der Waals surface area contributed by atoms with Gasteiger partial charge in [0.1, 0.15) is 0 Å². The van der Waals surface area contributed by atoms with E-state index in [2.05, 4.69) is 44.8 Å². The molecule has 0 amide bonds. The van der Waals surface area contributed by atoms with E-state index in [0.29, 0.717) is 0 Å². The molecule has 15 heavy (non-hydrogen) atoms. The van der Waals surface area contributed by atoms with Crippen molar-refractivity contribution >= 4 is 44.3 Å². The van der Waals surface area contributed by atoms with Crippen LogP contribution in [0.25, 0.3) is 0 Å². The van der Waals surface area contributed by atoms with E-state index in [1.807, 2.05) is 12.1 Å². The van der Waals surface area contributed by atoms with Crippen molar-refractivity contribution in [3.05, 3.63) is 32.7 Å². The fourth-order valence-electron chi connectivity index (χ4n) is 1.38. The first-order valence-electron chi connectivity index (χ1n) is 4.85. The van der Waals surface area contributed by atoms with E-state index in [1.54, 1.807) is 0 Å². The minimum absolute atomic E-state index is 0. The Morgan fingerprint density at radius 2 is 2.00 bits per heavy atom. The normalized spacial score (nSPS) is 12.0. The highest BCUT2D eigenvalue weighted by atomic mass is 79.9. The van der Waals surface area contributed by atoms with Gasteiger partial charge in [-0.1, -0.05) is 51.6 Å². The molecule has 0 radical (unpaired) electrons. The Bertz CT molecular complexity index is 305. The molecule has 0 heterocycles. The third-order valence-electron chi connectivity index (χ3n) is 2.23. The predicted molar refractivity (Wildman–Crippen MR) is 75.5 cm³/mol. The van der Waals surface area contributed by atoms with E-state index in [1.165, 1.54) is 18.4 Å². The third-order valence-corrected chi connectivity index (χ3v) is 3.44. The third kappa shape index (κ3) is 4.85. The van der Waals surface area contributed by atoms with Crippen LogP contribution >= 0.6 is 44.3 Å². The maximum absolute atomic E-state index is 6.10. The molecule has 1 aromatic carbocycles. The van der Waals surface area contributed by atoms with Crippen molar-refractivity contribution in [2.45, 2.75) is 32.2 Å². The Morgan fingerprint density at radius 1 is 1.33 bits per heavy atom. The molecule has 1 nitrogen and oxygen atoms in total. The Labute approximate surface area is 114 Å². The topological polar surface area (TPSA) is 26.0 Å². The summed E-state index contributed by atoms with van der Waals surface area (Å²) in [6, 6.07) is 6.28. The monoisotopic (exact) mass is 355 g/mol. The minimum atomic E-state index is 0. The fourth-order valence-corrected chi connectivity index (χ4v) is 2.30. The molecule has 4 heteroatoms. The van der Waals surface area contributed by atoms with Gasteiger partial charge in [-0.25, -0.2) is 0 Å². The van der Waals surface area contributed by atoms with Crippen molar-refractivity contribution in [2.24, 2.45) is 5.73 Å². The van der Waals surface area contributed by atoms with Crippen molar-refractivity contribution in [3.63, 3.8) is 0 Å². The largest absolute Gasteiger partial charge is 0.324 e. The first kappa shape index (κ1) is 15.4. The molecule has 0 aliphatic carbocycles. The van der Waals surface area contributed by atoms with E-state index in [4.69, 9.17) is 5.73 Å². The Hall–Kier alpha value is 0.430.